The predicted molar refractivity (Wildman–Crippen MR) is 82.4 cm³/mol. The average Bonchev–Trinajstić information content (AvgIpc) is 2.31. The van der Waals surface area contributed by atoms with E-state index in [0.29, 0.717) is 0 Å². The first-order valence-electron chi connectivity index (χ1n) is 7.89. The Labute approximate surface area is 118 Å². The molecule has 0 aromatic rings. The van der Waals surface area contributed by atoms with E-state index in [4.69, 9.17) is 0 Å². The van der Waals surface area contributed by atoms with Gasteiger partial charge in [-0.2, -0.15) is 0 Å². The Morgan fingerprint density at radius 2 is 1.59 bits per heavy atom. The van der Waals surface area contributed by atoms with Crippen LogP contribution in [-0.2, 0) is 0 Å². The van der Waals surface area contributed by atoms with Gasteiger partial charge in [-0.05, 0) is 0 Å². The molecule has 17 heavy (non-hydrogen) atoms. The van der Waals surface area contributed by atoms with Crippen LogP contribution in [0.5, 0.6) is 0 Å². The molecule has 0 rings (SSSR count). The summed E-state index contributed by atoms with van der Waals surface area (Å²) in [5.41, 5.74) is 0. The van der Waals surface area contributed by atoms with Crippen LogP contribution < -0.4 is 0 Å². The summed E-state index contributed by atoms with van der Waals surface area (Å²) in [4.78, 5) is 2.65. The van der Waals surface area contributed by atoms with E-state index >= 15 is 0 Å². The zero-order valence-electron chi connectivity index (χ0n) is 13.0. The number of rotatable bonds is 11. The molecule has 0 fully saturated rings. The molecule has 0 aromatic heterocycles. The third-order valence-corrected chi connectivity index (χ3v) is 14.6. The average molecular weight is 343 g/mol. The zero-order chi connectivity index (χ0) is 13.1. The Morgan fingerprint density at radius 3 is 2.06 bits per heavy atom. The van der Waals surface area contributed by atoms with Crippen molar-refractivity contribution in [2.24, 2.45) is 0 Å². The topological polar surface area (TPSA) is 3.24 Å². The fraction of sp³-hybridized carbons (Fsp3) is 1.00. The standard InChI is InChI=1S/C10H22N.C3H7.C2H5.In/c1-5-7-9-11(8-6-2)10(3)4;1-3-2;1-2;/h10H,1,5-9H2,2-4H3;1,3H2,2H3;1H2,2H3;. The second kappa shape index (κ2) is 11.9. The molecule has 0 N–H and O–H groups in total. The van der Waals surface area contributed by atoms with Gasteiger partial charge in [0.2, 0.25) is 0 Å². The van der Waals surface area contributed by atoms with E-state index in [1.54, 1.807) is 12.5 Å². The summed E-state index contributed by atoms with van der Waals surface area (Å²) < 4.78 is 4.88. The fourth-order valence-electron chi connectivity index (χ4n) is 2.62. The van der Waals surface area contributed by atoms with E-state index in [-0.39, 0.29) is 0 Å². The SMILES string of the molecule is CCCN(CCC[CH2][In]([CH2]C)[CH2]CC)C(C)C. The van der Waals surface area contributed by atoms with Gasteiger partial charge in [0, 0.05) is 0 Å². The third-order valence-electron chi connectivity index (χ3n) is 3.82. The molecule has 0 radical (unpaired) electrons. The molecule has 0 aliphatic heterocycles. The van der Waals surface area contributed by atoms with Gasteiger partial charge in [-0.25, -0.2) is 0 Å². The van der Waals surface area contributed by atoms with Gasteiger partial charge in [-0.15, -0.1) is 0 Å². The van der Waals surface area contributed by atoms with Gasteiger partial charge in [0.1, 0.15) is 0 Å². The molecule has 0 heterocycles. The summed E-state index contributed by atoms with van der Waals surface area (Å²) >= 11 is -1.01. The summed E-state index contributed by atoms with van der Waals surface area (Å²) in [6.07, 6.45) is 5.70. The minimum atomic E-state index is -1.01. The number of hydrogen-bond acceptors (Lipinski definition) is 1. The molecular weight excluding hydrogens is 309 g/mol. The van der Waals surface area contributed by atoms with Crippen LogP contribution in [0.4, 0.5) is 0 Å². The molecule has 0 amide bonds. The van der Waals surface area contributed by atoms with Crippen LogP contribution in [0.25, 0.3) is 0 Å². The molecule has 0 bridgehead atoms. The first-order chi connectivity index (χ1) is 8.15. The summed E-state index contributed by atoms with van der Waals surface area (Å²) in [5.74, 6) is 0. The number of hydrogen-bond donors (Lipinski definition) is 0. The molecule has 0 spiro atoms. The van der Waals surface area contributed by atoms with Gasteiger partial charge in [-0.3, -0.25) is 0 Å². The Bertz CT molecular complexity index is 159. The molecule has 0 saturated carbocycles. The summed E-state index contributed by atoms with van der Waals surface area (Å²) in [6.45, 7) is 14.4. The molecule has 0 aliphatic carbocycles. The second-order valence-electron chi connectivity index (χ2n) is 5.69. The maximum atomic E-state index is 2.65. The number of unbranched alkanes of at least 4 members (excludes halogenated alkanes) is 1. The van der Waals surface area contributed by atoms with Crippen LogP contribution in [0, 0.1) is 0 Å². The van der Waals surface area contributed by atoms with E-state index in [1.165, 1.54) is 38.8 Å². The first-order valence-corrected chi connectivity index (χ1v) is 14.9. The van der Waals surface area contributed by atoms with Crippen molar-refractivity contribution in [3.8, 4) is 0 Å². The van der Waals surface area contributed by atoms with Crippen molar-refractivity contribution in [2.45, 2.75) is 78.9 Å². The van der Waals surface area contributed by atoms with E-state index in [0.717, 1.165) is 6.04 Å². The van der Waals surface area contributed by atoms with Gasteiger partial charge < -0.3 is 0 Å². The van der Waals surface area contributed by atoms with Crippen molar-refractivity contribution in [3.63, 3.8) is 0 Å². The summed E-state index contributed by atoms with van der Waals surface area (Å²) in [7, 11) is 0. The normalized spacial score (nSPS) is 11.5. The Kier molecular flexibility index (Phi) is 12.5. The van der Waals surface area contributed by atoms with E-state index in [2.05, 4.69) is 39.5 Å². The Hall–Kier alpha value is 0.830. The second-order valence-corrected chi connectivity index (χ2v) is 16.3. The van der Waals surface area contributed by atoms with Gasteiger partial charge in [-0.1, -0.05) is 0 Å². The molecule has 0 atom stereocenters. The monoisotopic (exact) mass is 343 g/mol. The van der Waals surface area contributed by atoms with Crippen LogP contribution in [0.2, 0.25) is 12.5 Å². The predicted octanol–water partition coefficient (Wildman–Crippen LogP) is 4.81. The Balaban J connectivity index is 3.65. The molecule has 0 unspecified atom stereocenters. The molecule has 0 saturated heterocycles. The van der Waals surface area contributed by atoms with Crippen molar-refractivity contribution in [2.75, 3.05) is 13.1 Å². The molecular formula is C15H34InN. The molecule has 2 heteroatoms. The minimum absolute atomic E-state index is 0.732. The maximum absolute atomic E-state index is 2.65. The van der Waals surface area contributed by atoms with Crippen LogP contribution in [0.15, 0.2) is 0 Å². The van der Waals surface area contributed by atoms with Crippen molar-refractivity contribution in [3.05, 3.63) is 0 Å². The zero-order valence-corrected chi connectivity index (χ0v) is 16.3. The molecule has 102 valence electrons. The number of nitrogens with zero attached hydrogens (tertiary/aromatic N) is 1. The summed E-state index contributed by atoms with van der Waals surface area (Å²) in [5, 5.41) is 0. The van der Waals surface area contributed by atoms with E-state index in [9.17, 15) is 0 Å². The van der Waals surface area contributed by atoms with Crippen LogP contribution >= 0.6 is 0 Å². The van der Waals surface area contributed by atoms with Crippen molar-refractivity contribution in [1.82, 2.24) is 4.90 Å². The summed E-state index contributed by atoms with van der Waals surface area (Å²) in [6, 6.07) is 0.732. The quantitative estimate of drug-likeness (QED) is 0.487. The third kappa shape index (κ3) is 9.41. The van der Waals surface area contributed by atoms with E-state index in [1.807, 2.05) is 0 Å². The van der Waals surface area contributed by atoms with Gasteiger partial charge in [0.25, 0.3) is 0 Å². The van der Waals surface area contributed by atoms with Crippen LogP contribution in [0.1, 0.15) is 60.3 Å². The van der Waals surface area contributed by atoms with Crippen molar-refractivity contribution >= 4 is 21.4 Å². The van der Waals surface area contributed by atoms with Gasteiger partial charge in [0.15, 0.2) is 0 Å². The Morgan fingerprint density at radius 1 is 0.882 bits per heavy atom. The fourth-order valence-corrected chi connectivity index (χ4v) is 10.6. The molecule has 1 nitrogen and oxygen atoms in total. The molecule has 0 aliphatic rings. The van der Waals surface area contributed by atoms with Crippen LogP contribution in [-0.4, -0.2) is 45.5 Å². The van der Waals surface area contributed by atoms with Crippen LogP contribution in [0.3, 0.4) is 0 Å². The van der Waals surface area contributed by atoms with Crippen molar-refractivity contribution in [1.29, 1.82) is 0 Å². The van der Waals surface area contributed by atoms with Gasteiger partial charge in [0.05, 0.1) is 0 Å². The van der Waals surface area contributed by atoms with Crippen molar-refractivity contribution < 1.29 is 0 Å². The molecule has 0 aromatic carbocycles. The first kappa shape index (κ1) is 17.8. The van der Waals surface area contributed by atoms with Gasteiger partial charge >= 0.3 is 118 Å². The van der Waals surface area contributed by atoms with E-state index < -0.39 is 21.4 Å².